The fraction of sp³-hybridized carbons (Fsp3) is 0.280. The van der Waals surface area contributed by atoms with Gasteiger partial charge in [0.2, 0.25) is 5.88 Å². The van der Waals surface area contributed by atoms with Crippen molar-refractivity contribution in [1.29, 1.82) is 5.26 Å². The van der Waals surface area contributed by atoms with E-state index < -0.39 is 5.92 Å². The average molecular weight is 435 g/mol. The summed E-state index contributed by atoms with van der Waals surface area (Å²) in [4.78, 5) is 13.1. The zero-order valence-corrected chi connectivity index (χ0v) is 18.2. The first-order valence-corrected chi connectivity index (χ1v) is 10.5. The van der Waals surface area contributed by atoms with Crippen molar-refractivity contribution in [1.82, 2.24) is 0 Å². The summed E-state index contributed by atoms with van der Waals surface area (Å²) in [5.41, 5.74) is 8.43. The van der Waals surface area contributed by atoms with Crippen molar-refractivity contribution in [2.24, 2.45) is 11.1 Å². The van der Waals surface area contributed by atoms with Crippen molar-refractivity contribution < 1.29 is 14.3 Å². The Hall–Kier alpha value is -3.23. The number of halogens is 1. The highest BCUT2D eigenvalue weighted by Crippen LogP contribution is 2.47. The van der Waals surface area contributed by atoms with Crippen LogP contribution in [0, 0.1) is 16.7 Å². The smallest absolute Gasteiger partial charge is 0.205 e. The van der Waals surface area contributed by atoms with Crippen LogP contribution in [-0.4, -0.2) is 5.78 Å². The second-order valence-corrected chi connectivity index (χ2v) is 9.13. The van der Waals surface area contributed by atoms with Crippen LogP contribution in [0.1, 0.15) is 43.7 Å². The molecule has 0 unspecified atom stereocenters. The molecule has 2 aromatic rings. The molecule has 5 nitrogen and oxygen atoms in total. The number of hydrogen-bond donors (Lipinski definition) is 1. The maximum absolute atomic E-state index is 13.1. The third-order valence-corrected chi connectivity index (χ3v) is 5.83. The number of Topliss-reactive ketones (excluding diaryl/α,β-unsaturated/α-hetero) is 1. The monoisotopic (exact) mass is 434 g/mol. The minimum Gasteiger partial charge on any atom is -0.489 e. The van der Waals surface area contributed by atoms with Gasteiger partial charge in [-0.1, -0.05) is 49.7 Å². The van der Waals surface area contributed by atoms with Gasteiger partial charge in [-0.05, 0) is 40.8 Å². The molecule has 0 aromatic heterocycles. The van der Waals surface area contributed by atoms with E-state index >= 15 is 0 Å². The highest BCUT2D eigenvalue weighted by atomic mass is 35.5. The zero-order chi connectivity index (χ0) is 22.2. The van der Waals surface area contributed by atoms with Gasteiger partial charge in [-0.25, -0.2) is 0 Å². The molecular weight excluding hydrogens is 412 g/mol. The van der Waals surface area contributed by atoms with E-state index in [1.807, 2.05) is 38.1 Å². The van der Waals surface area contributed by atoms with Gasteiger partial charge in [-0.3, -0.25) is 4.79 Å². The number of carbonyl (C=O) groups is 1. The minimum atomic E-state index is -0.534. The van der Waals surface area contributed by atoms with Crippen LogP contribution in [0.4, 0.5) is 0 Å². The van der Waals surface area contributed by atoms with Crippen molar-refractivity contribution in [3.05, 3.63) is 87.5 Å². The van der Waals surface area contributed by atoms with E-state index in [1.54, 1.807) is 24.3 Å². The number of allylic oxidation sites excluding steroid dienone is 3. The number of ether oxygens (including phenoxy) is 2. The quantitative estimate of drug-likeness (QED) is 0.699. The number of rotatable bonds is 4. The summed E-state index contributed by atoms with van der Waals surface area (Å²) in [6.45, 7) is 4.40. The fourth-order valence-electron chi connectivity index (χ4n) is 4.18. The van der Waals surface area contributed by atoms with Gasteiger partial charge in [-0.2, -0.15) is 5.26 Å². The molecule has 31 heavy (non-hydrogen) atoms. The number of nitrogens with two attached hydrogens (primary N) is 1. The van der Waals surface area contributed by atoms with Gasteiger partial charge in [0, 0.05) is 23.4 Å². The standard InChI is InChI=1S/C25H23ClN2O3/c1-25(2)11-20(29)23-21(12-25)31-24(28)19(13-27)22(23)16-5-3-4-15(10-16)14-30-18-8-6-17(26)7-9-18/h3-10,22H,11-12,14,28H2,1-2H3/t22-/m1/s1. The van der Waals surface area contributed by atoms with Gasteiger partial charge < -0.3 is 15.2 Å². The Morgan fingerprint density at radius 2 is 1.97 bits per heavy atom. The van der Waals surface area contributed by atoms with E-state index in [1.165, 1.54) is 0 Å². The molecule has 0 saturated heterocycles. The zero-order valence-electron chi connectivity index (χ0n) is 17.4. The van der Waals surface area contributed by atoms with E-state index in [0.717, 1.165) is 11.1 Å². The summed E-state index contributed by atoms with van der Waals surface area (Å²) in [7, 11) is 0. The largest absolute Gasteiger partial charge is 0.489 e. The topological polar surface area (TPSA) is 85.3 Å². The van der Waals surface area contributed by atoms with Crippen molar-refractivity contribution >= 4 is 17.4 Å². The van der Waals surface area contributed by atoms with E-state index in [-0.39, 0.29) is 22.7 Å². The first kappa shape index (κ1) is 21.0. The van der Waals surface area contributed by atoms with Crippen molar-refractivity contribution in [3.8, 4) is 11.8 Å². The predicted molar refractivity (Wildman–Crippen MR) is 118 cm³/mol. The van der Waals surface area contributed by atoms with Crippen LogP contribution in [0.2, 0.25) is 5.02 Å². The van der Waals surface area contributed by atoms with E-state index in [9.17, 15) is 10.1 Å². The van der Waals surface area contributed by atoms with Crippen LogP contribution in [0.5, 0.6) is 5.75 Å². The highest BCUT2D eigenvalue weighted by Gasteiger charge is 2.42. The summed E-state index contributed by atoms with van der Waals surface area (Å²) < 4.78 is 11.6. The van der Waals surface area contributed by atoms with Crippen LogP contribution in [0.25, 0.3) is 0 Å². The number of carbonyl (C=O) groups excluding carboxylic acids is 1. The fourth-order valence-corrected chi connectivity index (χ4v) is 4.30. The Labute approximate surface area is 186 Å². The first-order chi connectivity index (χ1) is 14.8. The maximum Gasteiger partial charge on any atom is 0.205 e. The second kappa shape index (κ2) is 8.13. The van der Waals surface area contributed by atoms with Gasteiger partial charge in [0.1, 0.15) is 29.8 Å². The van der Waals surface area contributed by atoms with E-state index in [4.69, 9.17) is 26.8 Å². The third kappa shape index (κ3) is 4.30. The molecule has 0 amide bonds. The molecule has 1 atom stereocenters. The van der Waals surface area contributed by atoms with Crippen molar-refractivity contribution in [2.45, 2.75) is 39.2 Å². The van der Waals surface area contributed by atoms with Crippen LogP contribution in [0.15, 0.2) is 71.3 Å². The lowest BCUT2D eigenvalue weighted by Crippen LogP contribution is -2.33. The molecule has 158 valence electrons. The van der Waals surface area contributed by atoms with Crippen molar-refractivity contribution in [2.75, 3.05) is 0 Å². The lowest BCUT2D eigenvalue weighted by atomic mass is 9.70. The molecule has 1 aliphatic heterocycles. The Bertz CT molecular complexity index is 1140. The van der Waals surface area contributed by atoms with Gasteiger partial charge in [-0.15, -0.1) is 0 Å². The van der Waals surface area contributed by atoms with E-state index in [0.29, 0.717) is 41.6 Å². The van der Waals surface area contributed by atoms with Gasteiger partial charge in [0.25, 0.3) is 0 Å². The Morgan fingerprint density at radius 1 is 1.23 bits per heavy atom. The number of hydrogen-bond acceptors (Lipinski definition) is 5. The molecule has 0 bridgehead atoms. The van der Waals surface area contributed by atoms with Gasteiger partial charge in [0.05, 0.1) is 5.92 Å². The van der Waals surface area contributed by atoms with Crippen LogP contribution in [0.3, 0.4) is 0 Å². The molecule has 6 heteroatoms. The second-order valence-electron chi connectivity index (χ2n) is 8.69. The molecule has 1 heterocycles. The highest BCUT2D eigenvalue weighted by molar-refractivity contribution is 6.30. The molecule has 2 N–H and O–H groups in total. The lowest BCUT2D eigenvalue weighted by Gasteiger charge is -2.37. The number of nitrogens with zero attached hydrogens (tertiary/aromatic N) is 1. The lowest BCUT2D eigenvalue weighted by molar-refractivity contribution is -0.119. The Morgan fingerprint density at radius 3 is 2.68 bits per heavy atom. The molecular formula is C25H23ClN2O3. The molecule has 0 fully saturated rings. The Kier molecular flexibility index (Phi) is 5.51. The molecule has 0 saturated carbocycles. The third-order valence-electron chi connectivity index (χ3n) is 5.58. The number of benzene rings is 2. The summed E-state index contributed by atoms with van der Waals surface area (Å²) in [5, 5.41) is 10.4. The molecule has 4 rings (SSSR count). The molecule has 0 spiro atoms. The Balaban J connectivity index is 1.67. The van der Waals surface area contributed by atoms with Crippen LogP contribution in [-0.2, 0) is 16.1 Å². The molecule has 2 aliphatic rings. The summed E-state index contributed by atoms with van der Waals surface area (Å²) >= 11 is 5.92. The summed E-state index contributed by atoms with van der Waals surface area (Å²) in [6.07, 6.45) is 1.01. The first-order valence-electron chi connectivity index (χ1n) is 10.1. The molecule has 0 radical (unpaired) electrons. The predicted octanol–water partition coefficient (Wildman–Crippen LogP) is 5.37. The van der Waals surface area contributed by atoms with Gasteiger partial charge in [0.15, 0.2) is 5.78 Å². The number of nitriles is 1. The SMILES string of the molecule is CC1(C)CC(=O)C2=C(C1)OC(N)=C(C#N)[C@H]2c1cccc(COc2ccc(Cl)cc2)c1. The van der Waals surface area contributed by atoms with Gasteiger partial charge >= 0.3 is 0 Å². The van der Waals surface area contributed by atoms with Crippen LogP contribution >= 0.6 is 11.6 Å². The van der Waals surface area contributed by atoms with E-state index in [2.05, 4.69) is 6.07 Å². The normalized spacial score (nSPS) is 20.1. The number of ketones is 1. The van der Waals surface area contributed by atoms with Crippen molar-refractivity contribution in [3.63, 3.8) is 0 Å². The maximum atomic E-state index is 13.1. The molecule has 2 aromatic carbocycles. The summed E-state index contributed by atoms with van der Waals surface area (Å²) in [6, 6.07) is 17.0. The molecule has 1 aliphatic carbocycles. The summed E-state index contributed by atoms with van der Waals surface area (Å²) in [5.74, 6) is 0.815. The average Bonchev–Trinajstić information content (AvgIpc) is 2.71. The minimum absolute atomic E-state index is 0.000632. The van der Waals surface area contributed by atoms with Crippen LogP contribution < -0.4 is 10.5 Å².